The van der Waals surface area contributed by atoms with Crippen molar-refractivity contribution in [2.45, 2.75) is 33.1 Å². The minimum Gasteiger partial charge on any atom is -0.463 e. The van der Waals surface area contributed by atoms with Crippen molar-refractivity contribution in [3.63, 3.8) is 0 Å². The molecule has 2 aromatic rings. The first-order valence-corrected chi connectivity index (χ1v) is 6.34. The van der Waals surface area contributed by atoms with Crippen LogP contribution in [0.15, 0.2) is 10.5 Å². The average molecular weight is 277 g/mol. The molecule has 0 bridgehead atoms. The van der Waals surface area contributed by atoms with Crippen LogP contribution >= 0.6 is 0 Å². The van der Waals surface area contributed by atoms with Gasteiger partial charge in [-0.1, -0.05) is 20.8 Å². The van der Waals surface area contributed by atoms with E-state index in [1.165, 1.54) is 7.11 Å². The lowest BCUT2D eigenvalue weighted by atomic mass is 9.91. The molecule has 108 valence electrons. The summed E-state index contributed by atoms with van der Waals surface area (Å²) in [5.41, 5.74) is 1.85. The molecule has 0 fully saturated rings. The third-order valence-electron chi connectivity index (χ3n) is 2.93. The first-order chi connectivity index (χ1) is 9.24. The van der Waals surface area contributed by atoms with Crippen molar-refractivity contribution in [2.75, 3.05) is 7.11 Å². The van der Waals surface area contributed by atoms with Gasteiger partial charge in [0.2, 0.25) is 11.7 Å². The Labute approximate surface area is 117 Å². The van der Waals surface area contributed by atoms with E-state index in [0.717, 1.165) is 11.4 Å². The van der Waals surface area contributed by atoms with E-state index < -0.39 is 5.97 Å². The lowest BCUT2D eigenvalue weighted by molar-refractivity contribution is 0.0562. The molecule has 0 aromatic carbocycles. The molecule has 0 amide bonds. The summed E-state index contributed by atoms with van der Waals surface area (Å²) in [7, 11) is 3.13. The molecule has 2 rings (SSSR count). The first-order valence-electron chi connectivity index (χ1n) is 6.34. The molecule has 6 heteroatoms. The SMILES string of the molecule is COC(=O)c1oc(-c2cc(C)nn2C)nc1C(C)(C)C. The molecular weight excluding hydrogens is 258 g/mol. The van der Waals surface area contributed by atoms with E-state index in [-0.39, 0.29) is 11.2 Å². The van der Waals surface area contributed by atoms with Crippen molar-refractivity contribution in [3.8, 4) is 11.6 Å². The van der Waals surface area contributed by atoms with Crippen LogP contribution in [0.1, 0.15) is 42.7 Å². The summed E-state index contributed by atoms with van der Waals surface area (Å²) in [6, 6.07) is 1.86. The summed E-state index contributed by atoms with van der Waals surface area (Å²) >= 11 is 0. The van der Waals surface area contributed by atoms with Crippen LogP contribution in [0.4, 0.5) is 0 Å². The molecule has 2 aromatic heterocycles. The van der Waals surface area contributed by atoms with E-state index >= 15 is 0 Å². The van der Waals surface area contributed by atoms with Gasteiger partial charge >= 0.3 is 5.97 Å². The number of carbonyl (C=O) groups is 1. The highest BCUT2D eigenvalue weighted by Gasteiger charge is 2.30. The molecule has 0 unspecified atom stereocenters. The van der Waals surface area contributed by atoms with Gasteiger partial charge in [-0.15, -0.1) is 0 Å². The summed E-state index contributed by atoms with van der Waals surface area (Å²) in [6.45, 7) is 7.79. The van der Waals surface area contributed by atoms with Crippen LogP contribution in [0, 0.1) is 6.92 Å². The summed E-state index contributed by atoms with van der Waals surface area (Å²) in [6.07, 6.45) is 0. The monoisotopic (exact) mass is 277 g/mol. The smallest absolute Gasteiger partial charge is 0.376 e. The molecule has 0 aliphatic rings. The Bertz CT molecular complexity index is 647. The third-order valence-corrected chi connectivity index (χ3v) is 2.93. The van der Waals surface area contributed by atoms with E-state index in [1.54, 1.807) is 11.7 Å². The number of carbonyl (C=O) groups excluding carboxylic acids is 1. The summed E-state index contributed by atoms with van der Waals surface area (Å²) in [5, 5.41) is 4.25. The summed E-state index contributed by atoms with van der Waals surface area (Å²) < 4.78 is 12.1. The lowest BCUT2D eigenvalue weighted by Crippen LogP contribution is -2.17. The van der Waals surface area contributed by atoms with Gasteiger partial charge in [-0.3, -0.25) is 4.68 Å². The van der Waals surface area contributed by atoms with Crippen molar-refractivity contribution < 1.29 is 13.9 Å². The van der Waals surface area contributed by atoms with Gasteiger partial charge in [0, 0.05) is 12.5 Å². The molecule has 0 N–H and O–H groups in total. The fourth-order valence-electron chi connectivity index (χ4n) is 1.98. The van der Waals surface area contributed by atoms with Crippen molar-refractivity contribution >= 4 is 5.97 Å². The van der Waals surface area contributed by atoms with Crippen molar-refractivity contribution in [1.29, 1.82) is 0 Å². The van der Waals surface area contributed by atoms with Crippen LogP contribution in [0.3, 0.4) is 0 Å². The Morgan fingerprint density at radius 1 is 1.40 bits per heavy atom. The number of hydrogen-bond acceptors (Lipinski definition) is 5. The number of aromatic nitrogens is 3. The number of nitrogens with zero attached hydrogens (tertiary/aromatic N) is 3. The Morgan fingerprint density at radius 3 is 2.50 bits per heavy atom. The van der Waals surface area contributed by atoms with Crippen LogP contribution in [-0.2, 0) is 17.2 Å². The van der Waals surface area contributed by atoms with Crippen LogP contribution in [0.25, 0.3) is 11.6 Å². The van der Waals surface area contributed by atoms with Gasteiger partial charge in [0.05, 0.1) is 12.8 Å². The average Bonchev–Trinajstić information content (AvgIpc) is 2.91. The quantitative estimate of drug-likeness (QED) is 0.789. The number of rotatable bonds is 2. The Morgan fingerprint density at radius 2 is 2.05 bits per heavy atom. The van der Waals surface area contributed by atoms with Gasteiger partial charge in [-0.05, 0) is 13.0 Å². The van der Waals surface area contributed by atoms with Crippen LogP contribution < -0.4 is 0 Å². The number of methoxy groups -OCH3 is 1. The number of aryl methyl sites for hydroxylation is 2. The second-order valence-electron chi connectivity index (χ2n) is 5.73. The van der Waals surface area contributed by atoms with Crippen molar-refractivity contribution in [3.05, 3.63) is 23.2 Å². The minimum absolute atomic E-state index is 0.147. The van der Waals surface area contributed by atoms with Crippen molar-refractivity contribution in [2.24, 2.45) is 7.05 Å². The maximum atomic E-state index is 11.8. The standard InChI is InChI=1S/C14H19N3O3/c1-8-7-9(17(5)16-8)12-15-11(14(2,3)4)10(20-12)13(18)19-6/h7H,1-6H3. The first kappa shape index (κ1) is 14.3. The van der Waals surface area contributed by atoms with Crippen LogP contribution in [0.5, 0.6) is 0 Å². The van der Waals surface area contributed by atoms with E-state index in [9.17, 15) is 4.79 Å². The minimum atomic E-state index is -0.521. The van der Waals surface area contributed by atoms with Gasteiger partial charge in [0.1, 0.15) is 11.4 Å². The molecule has 6 nitrogen and oxygen atoms in total. The molecular formula is C14H19N3O3. The second kappa shape index (κ2) is 4.77. The molecule has 0 saturated carbocycles. The van der Waals surface area contributed by atoms with E-state index in [1.807, 2.05) is 33.8 Å². The van der Waals surface area contributed by atoms with Crippen LogP contribution in [-0.4, -0.2) is 27.8 Å². The topological polar surface area (TPSA) is 70.2 Å². The third kappa shape index (κ3) is 2.45. The fraction of sp³-hybridized carbons (Fsp3) is 0.500. The Kier molecular flexibility index (Phi) is 3.41. The highest BCUT2D eigenvalue weighted by molar-refractivity contribution is 5.88. The Balaban J connectivity index is 2.60. The molecule has 0 aliphatic heterocycles. The molecule has 0 aliphatic carbocycles. The largest absolute Gasteiger partial charge is 0.463 e. The number of esters is 1. The zero-order chi connectivity index (χ0) is 15.1. The zero-order valence-electron chi connectivity index (χ0n) is 12.6. The maximum absolute atomic E-state index is 11.8. The van der Waals surface area contributed by atoms with Gasteiger partial charge in [0.25, 0.3) is 0 Å². The predicted molar refractivity (Wildman–Crippen MR) is 73.5 cm³/mol. The molecule has 0 spiro atoms. The number of hydrogen-bond donors (Lipinski definition) is 0. The molecule has 0 atom stereocenters. The predicted octanol–water partition coefficient (Wildman–Crippen LogP) is 2.47. The van der Waals surface area contributed by atoms with Gasteiger partial charge < -0.3 is 9.15 Å². The van der Waals surface area contributed by atoms with E-state index in [0.29, 0.717) is 11.6 Å². The molecule has 0 radical (unpaired) electrons. The summed E-state index contributed by atoms with van der Waals surface area (Å²) in [4.78, 5) is 16.3. The zero-order valence-corrected chi connectivity index (χ0v) is 12.6. The lowest BCUT2D eigenvalue weighted by Gasteiger charge is -2.15. The van der Waals surface area contributed by atoms with Gasteiger partial charge in [-0.2, -0.15) is 5.10 Å². The highest BCUT2D eigenvalue weighted by atomic mass is 16.5. The Hall–Kier alpha value is -2.11. The summed E-state index contributed by atoms with van der Waals surface area (Å²) in [5.74, 6) is -0.000145. The van der Waals surface area contributed by atoms with E-state index in [4.69, 9.17) is 9.15 Å². The number of ether oxygens (including phenoxy) is 1. The van der Waals surface area contributed by atoms with Crippen molar-refractivity contribution in [1.82, 2.24) is 14.8 Å². The van der Waals surface area contributed by atoms with Crippen LogP contribution in [0.2, 0.25) is 0 Å². The molecule has 20 heavy (non-hydrogen) atoms. The fourth-order valence-corrected chi connectivity index (χ4v) is 1.98. The van der Waals surface area contributed by atoms with E-state index in [2.05, 4.69) is 10.1 Å². The highest BCUT2D eigenvalue weighted by Crippen LogP contribution is 2.30. The van der Waals surface area contributed by atoms with Gasteiger partial charge in [-0.25, -0.2) is 9.78 Å². The normalized spacial score (nSPS) is 11.7. The molecule has 2 heterocycles. The second-order valence-corrected chi connectivity index (χ2v) is 5.73. The molecule has 0 saturated heterocycles. The number of oxazole rings is 1. The van der Waals surface area contributed by atoms with Gasteiger partial charge in [0.15, 0.2) is 0 Å². The maximum Gasteiger partial charge on any atom is 0.376 e.